The molecule has 0 radical (unpaired) electrons. The first-order valence-electron chi connectivity index (χ1n) is 7.78. The molecule has 0 amide bonds. The molecule has 19 heavy (non-hydrogen) atoms. The zero-order valence-corrected chi connectivity index (χ0v) is 12.6. The number of rotatable bonds is 5. The van der Waals surface area contributed by atoms with Gasteiger partial charge >= 0.3 is 0 Å². The van der Waals surface area contributed by atoms with Gasteiger partial charge in [-0.25, -0.2) is 13.1 Å². The van der Waals surface area contributed by atoms with Gasteiger partial charge in [-0.1, -0.05) is 25.7 Å². The maximum atomic E-state index is 12.1. The Balaban J connectivity index is 1.73. The van der Waals surface area contributed by atoms with Crippen LogP contribution in [0.15, 0.2) is 0 Å². The molecular weight excluding hydrogens is 260 g/mol. The minimum absolute atomic E-state index is 0.265. The van der Waals surface area contributed by atoms with E-state index >= 15 is 0 Å². The largest absolute Gasteiger partial charge is 0.328 e. The van der Waals surface area contributed by atoms with Gasteiger partial charge in [-0.3, -0.25) is 0 Å². The van der Waals surface area contributed by atoms with Crippen LogP contribution in [0, 0.1) is 11.8 Å². The fourth-order valence-electron chi connectivity index (χ4n) is 3.49. The normalized spacial score (nSPS) is 30.4. The van der Waals surface area contributed by atoms with Crippen LogP contribution in [0.3, 0.4) is 0 Å². The highest BCUT2D eigenvalue weighted by molar-refractivity contribution is 7.89. The van der Waals surface area contributed by atoms with Crippen molar-refractivity contribution in [3.8, 4) is 0 Å². The molecule has 2 unspecified atom stereocenters. The molecule has 5 heteroatoms. The highest BCUT2D eigenvalue weighted by atomic mass is 32.2. The van der Waals surface area contributed by atoms with Gasteiger partial charge in [0.2, 0.25) is 10.0 Å². The van der Waals surface area contributed by atoms with E-state index in [1.54, 1.807) is 0 Å². The van der Waals surface area contributed by atoms with Crippen molar-refractivity contribution in [1.82, 2.24) is 4.72 Å². The predicted molar refractivity (Wildman–Crippen MR) is 78.3 cm³/mol. The van der Waals surface area contributed by atoms with Crippen molar-refractivity contribution >= 4 is 10.0 Å². The summed E-state index contributed by atoms with van der Waals surface area (Å²) in [4.78, 5) is 0. The third kappa shape index (κ3) is 5.40. The quantitative estimate of drug-likeness (QED) is 0.813. The monoisotopic (exact) mass is 288 g/mol. The Hall–Kier alpha value is -0.130. The van der Waals surface area contributed by atoms with Crippen LogP contribution in [0.5, 0.6) is 0 Å². The Morgan fingerprint density at radius 1 is 0.947 bits per heavy atom. The van der Waals surface area contributed by atoms with Crippen LogP contribution < -0.4 is 10.5 Å². The topological polar surface area (TPSA) is 72.2 Å². The first-order valence-corrected chi connectivity index (χ1v) is 9.43. The van der Waals surface area contributed by atoms with Gasteiger partial charge in [0, 0.05) is 12.6 Å². The molecule has 2 aliphatic carbocycles. The fraction of sp³-hybridized carbons (Fsp3) is 1.00. The van der Waals surface area contributed by atoms with Gasteiger partial charge in [-0.15, -0.1) is 0 Å². The Bertz CT molecular complexity index is 364. The van der Waals surface area contributed by atoms with E-state index in [0.29, 0.717) is 24.1 Å². The van der Waals surface area contributed by atoms with Crippen LogP contribution >= 0.6 is 0 Å². The molecule has 2 aliphatic rings. The number of hydrogen-bond donors (Lipinski definition) is 2. The van der Waals surface area contributed by atoms with Gasteiger partial charge in [0.25, 0.3) is 0 Å². The summed E-state index contributed by atoms with van der Waals surface area (Å²) in [7, 11) is -3.09. The summed E-state index contributed by atoms with van der Waals surface area (Å²) in [5.41, 5.74) is 5.94. The number of nitrogens with one attached hydrogen (secondary N) is 1. The molecule has 2 saturated carbocycles. The lowest BCUT2D eigenvalue weighted by atomic mass is 9.86. The Morgan fingerprint density at radius 2 is 1.63 bits per heavy atom. The molecule has 4 nitrogen and oxygen atoms in total. The van der Waals surface area contributed by atoms with Crippen LogP contribution in [-0.4, -0.2) is 26.8 Å². The van der Waals surface area contributed by atoms with Crippen LogP contribution in [-0.2, 0) is 10.0 Å². The van der Waals surface area contributed by atoms with E-state index in [0.717, 1.165) is 38.5 Å². The first-order chi connectivity index (χ1) is 9.05. The molecule has 3 N–H and O–H groups in total. The van der Waals surface area contributed by atoms with Crippen molar-refractivity contribution in [3.05, 3.63) is 0 Å². The summed E-state index contributed by atoms with van der Waals surface area (Å²) in [5.74, 6) is 1.14. The van der Waals surface area contributed by atoms with Gasteiger partial charge in [0.05, 0.1) is 5.75 Å². The van der Waals surface area contributed by atoms with Gasteiger partial charge in [0.15, 0.2) is 0 Å². The minimum atomic E-state index is -3.09. The van der Waals surface area contributed by atoms with Crippen molar-refractivity contribution in [2.45, 2.75) is 63.8 Å². The number of nitrogens with two attached hydrogens (primary N) is 1. The molecule has 0 bridgehead atoms. The SMILES string of the molecule is NC1CCCC(CNS(=O)(=O)CC2CCCCC2)C1. The molecule has 0 aromatic rings. The lowest BCUT2D eigenvalue weighted by molar-refractivity contribution is 0.321. The summed E-state index contributed by atoms with van der Waals surface area (Å²) in [5, 5.41) is 0. The summed E-state index contributed by atoms with van der Waals surface area (Å²) in [6.45, 7) is 0.586. The summed E-state index contributed by atoms with van der Waals surface area (Å²) < 4.78 is 27.0. The van der Waals surface area contributed by atoms with E-state index in [2.05, 4.69) is 4.72 Å². The zero-order chi connectivity index (χ0) is 13.7. The molecule has 0 saturated heterocycles. The number of hydrogen-bond acceptors (Lipinski definition) is 3. The Labute approximate surface area is 117 Å². The molecule has 112 valence electrons. The average Bonchev–Trinajstić information content (AvgIpc) is 2.37. The van der Waals surface area contributed by atoms with Crippen molar-refractivity contribution in [3.63, 3.8) is 0 Å². The van der Waals surface area contributed by atoms with Gasteiger partial charge < -0.3 is 5.73 Å². The van der Waals surface area contributed by atoms with Crippen molar-refractivity contribution < 1.29 is 8.42 Å². The second-order valence-electron chi connectivity index (χ2n) is 6.43. The Kier molecular flexibility index (Phi) is 5.66. The molecular formula is C14H28N2O2S. The molecule has 0 aromatic heterocycles. The van der Waals surface area contributed by atoms with E-state index in [-0.39, 0.29) is 6.04 Å². The second kappa shape index (κ2) is 7.04. The molecule has 2 atom stereocenters. The maximum Gasteiger partial charge on any atom is 0.211 e. The molecule has 0 heterocycles. The molecule has 0 spiro atoms. The second-order valence-corrected chi connectivity index (χ2v) is 8.28. The molecule has 0 aromatic carbocycles. The van der Waals surface area contributed by atoms with Crippen molar-refractivity contribution in [1.29, 1.82) is 0 Å². The summed E-state index contributed by atoms with van der Waals surface area (Å²) in [6.07, 6.45) is 10.1. The molecule has 0 aliphatic heterocycles. The molecule has 2 fully saturated rings. The van der Waals surface area contributed by atoms with E-state index in [1.807, 2.05) is 0 Å². The Morgan fingerprint density at radius 3 is 2.32 bits per heavy atom. The van der Waals surface area contributed by atoms with E-state index < -0.39 is 10.0 Å². The van der Waals surface area contributed by atoms with Gasteiger partial charge in [-0.2, -0.15) is 0 Å². The van der Waals surface area contributed by atoms with E-state index in [4.69, 9.17) is 5.73 Å². The van der Waals surface area contributed by atoms with Crippen molar-refractivity contribution in [2.75, 3.05) is 12.3 Å². The van der Waals surface area contributed by atoms with E-state index in [1.165, 1.54) is 19.3 Å². The third-order valence-corrected chi connectivity index (χ3v) is 6.11. The lowest BCUT2D eigenvalue weighted by Crippen LogP contribution is -2.37. The lowest BCUT2D eigenvalue weighted by Gasteiger charge is -2.27. The van der Waals surface area contributed by atoms with Crippen LogP contribution in [0.4, 0.5) is 0 Å². The van der Waals surface area contributed by atoms with Crippen LogP contribution in [0.2, 0.25) is 0 Å². The number of sulfonamides is 1. The standard InChI is InChI=1S/C14H28N2O2S/c15-14-8-4-7-13(9-14)10-16-19(17,18)11-12-5-2-1-3-6-12/h12-14,16H,1-11,15H2. The summed E-state index contributed by atoms with van der Waals surface area (Å²) >= 11 is 0. The fourth-order valence-corrected chi connectivity index (χ4v) is 5.05. The highest BCUT2D eigenvalue weighted by Crippen LogP contribution is 2.25. The predicted octanol–water partition coefficient (Wildman–Crippen LogP) is 2.00. The average molecular weight is 288 g/mol. The third-order valence-electron chi connectivity index (χ3n) is 4.60. The smallest absolute Gasteiger partial charge is 0.211 e. The zero-order valence-electron chi connectivity index (χ0n) is 11.8. The van der Waals surface area contributed by atoms with Crippen LogP contribution in [0.1, 0.15) is 57.8 Å². The van der Waals surface area contributed by atoms with Gasteiger partial charge in [0.1, 0.15) is 0 Å². The molecule has 2 rings (SSSR count). The maximum absolute atomic E-state index is 12.1. The van der Waals surface area contributed by atoms with E-state index in [9.17, 15) is 8.42 Å². The highest BCUT2D eigenvalue weighted by Gasteiger charge is 2.24. The summed E-state index contributed by atoms with van der Waals surface area (Å²) in [6, 6.07) is 0.265. The first kappa shape index (κ1) is 15.3. The minimum Gasteiger partial charge on any atom is -0.328 e. The van der Waals surface area contributed by atoms with Crippen LogP contribution in [0.25, 0.3) is 0 Å². The van der Waals surface area contributed by atoms with Crippen molar-refractivity contribution in [2.24, 2.45) is 17.6 Å². The van der Waals surface area contributed by atoms with Gasteiger partial charge in [-0.05, 0) is 43.9 Å².